The second kappa shape index (κ2) is 5.75. The van der Waals surface area contributed by atoms with E-state index in [2.05, 4.69) is 34.2 Å². The van der Waals surface area contributed by atoms with Gasteiger partial charge in [0, 0.05) is 21.6 Å². The van der Waals surface area contributed by atoms with Gasteiger partial charge in [-0.15, -0.1) is 0 Å². The molecule has 1 aromatic heterocycles. The molecule has 0 fully saturated rings. The van der Waals surface area contributed by atoms with Crippen LogP contribution in [0.2, 0.25) is 0 Å². The van der Waals surface area contributed by atoms with Gasteiger partial charge in [0.25, 0.3) is 0 Å². The maximum atomic E-state index is 5.60. The minimum atomic E-state index is 0.297. The monoisotopic (exact) mass is 279 g/mol. The van der Waals surface area contributed by atoms with Gasteiger partial charge in [-0.2, -0.15) is 0 Å². The van der Waals surface area contributed by atoms with Crippen LogP contribution < -0.4 is 5.73 Å². The molecule has 0 aliphatic carbocycles. The summed E-state index contributed by atoms with van der Waals surface area (Å²) in [6.45, 7) is 0. The topological polar surface area (TPSA) is 51.8 Å². The zero-order valence-electron chi connectivity index (χ0n) is 10.7. The number of nitrogen functional groups attached to an aromatic ring is 1. The van der Waals surface area contributed by atoms with Gasteiger partial charge in [0.05, 0.1) is 5.69 Å². The lowest BCUT2D eigenvalue weighted by atomic mass is 10.1. The molecule has 0 aliphatic heterocycles. The number of hydrogen-bond donors (Lipinski definition) is 1. The van der Waals surface area contributed by atoms with Crippen LogP contribution in [0.5, 0.6) is 0 Å². The summed E-state index contributed by atoms with van der Waals surface area (Å²) >= 11 is 1.74. The van der Waals surface area contributed by atoms with Crippen LogP contribution in [0.1, 0.15) is 0 Å². The van der Waals surface area contributed by atoms with E-state index in [-0.39, 0.29) is 0 Å². The van der Waals surface area contributed by atoms with Gasteiger partial charge in [-0.1, -0.05) is 42.1 Å². The Morgan fingerprint density at radius 1 is 0.800 bits per heavy atom. The Kier molecular flexibility index (Phi) is 3.65. The van der Waals surface area contributed by atoms with E-state index in [1.54, 1.807) is 18.0 Å². The van der Waals surface area contributed by atoms with E-state index in [9.17, 15) is 0 Å². The lowest BCUT2D eigenvalue weighted by molar-refractivity contribution is 1.19. The van der Waals surface area contributed by atoms with Crippen molar-refractivity contribution in [3.05, 3.63) is 66.9 Å². The number of hydrogen-bond acceptors (Lipinski definition) is 4. The van der Waals surface area contributed by atoms with Crippen molar-refractivity contribution in [1.82, 2.24) is 9.97 Å². The molecule has 0 atom stereocenters. The first kappa shape index (κ1) is 12.7. The van der Waals surface area contributed by atoms with Gasteiger partial charge in [-0.3, -0.25) is 0 Å². The Morgan fingerprint density at radius 3 is 2.20 bits per heavy atom. The summed E-state index contributed by atoms with van der Waals surface area (Å²) in [6, 6.07) is 20.4. The predicted octanol–water partition coefficient (Wildman–Crippen LogP) is 3.88. The van der Waals surface area contributed by atoms with Crippen LogP contribution >= 0.6 is 11.8 Å². The van der Waals surface area contributed by atoms with E-state index in [1.165, 1.54) is 9.79 Å². The molecule has 2 aromatic carbocycles. The summed E-state index contributed by atoms with van der Waals surface area (Å²) in [5, 5.41) is 0. The Balaban J connectivity index is 1.81. The number of aromatic nitrogens is 2. The van der Waals surface area contributed by atoms with E-state index >= 15 is 0 Å². The maximum absolute atomic E-state index is 5.60. The van der Waals surface area contributed by atoms with Gasteiger partial charge < -0.3 is 5.73 Å². The maximum Gasteiger partial charge on any atom is 0.220 e. The second-order valence-electron chi connectivity index (χ2n) is 4.24. The highest BCUT2D eigenvalue weighted by atomic mass is 32.2. The second-order valence-corrected chi connectivity index (χ2v) is 5.39. The average molecular weight is 279 g/mol. The zero-order chi connectivity index (χ0) is 13.8. The summed E-state index contributed by atoms with van der Waals surface area (Å²) in [5.74, 6) is 0.297. The number of anilines is 1. The first-order valence-corrected chi connectivity index (χ1v) is 7.05. The number of benzene rings is 2. The summed E-state index contributed by atoms with van der Waals surface area (Å²) < 4.78 is 0. The number of rotatable bonds is 3. The van der Waals surface area contributed by atoms with Gasteiger partial charge in [-0.25, -0.2) is 9.97 Å². The third-order valence-electron chi connectivity index (χ3n) is 2.80. The molecular weight excluding hydrogens is 266 g/mol. The largest absolute Gasteiger partial charge is 0.368 e. The van der Waals surface area contributed by atoms with Gasteiger partial charge in [0.2, 0.25) is 5.95 Å². The van der Waals surface area contributed by atoms with Crippen molar-refractivity contribution >= 4 is 17.7 Å². The van der Waals surface area contributed by atoms with Crippen molar-refractivity contribution in [3.63, 3.8) is 0 Å². The molecule has 1 heterocycles. The van der Waals surface area contributed by atoms with Crippen molar-refractivity contribution in [2.45, 2.75) is 9.79 Å². The van der Waals surface area contributed by atoms with Crippen LogP contribution in [0.25, 0.3) is 11.3 Å². The minimum absolute atomic E-state index is 0.297. The van der Waals surface area contributed by atoms with Crippen LogP contribution in [-0.4, -0.2) is 9.97 Å². The first-order valence-electron chi connectivity index (χ1n) is 6.23. The highest BCUT2D eigenvalue weighted by Crippen LogP contribution is 2.29. The smallest absolute Gasteiger partial charge is 0.220 e. The van der Waals surface area contributed by atoms with Gasteiger partial charge in [0.15, 0.2) is 0 Å². The zero-order valence-corrected chi connectivity index (χ0v) is 11.5. The Bertz CT molecular complexity index is 696. The van der Waals surface area contributed by atoms with Crippen LogP contribution in [0.3, 0.4) is 0 Å². The Morgan fingerprint density at radius 2 is 1.50 bits per heavy atom. The number of nitrogens with zero attached hydrogens (tertiary/aromatic N) is 2. The molecule has 3 rings (SSSR count). The molecule has 2 N–H and O–H groups in total. The lowest BCUT2D eigenvalue weighted by Crippen LogP contribution is -1.94. The molecule has 0 unspecified atom stereocenters. The standard InChI is InChI=1S/C16H13N3S/c17-16-18-11-10-15(19-16)12-6-8-14(9-7-12)20-13-4-2-1-3-5-13/h1-11H,(H2,17,18,19). The molecule has 0 saturated heterocycles. The van der Waals surface area contributed by atoms with Crippen molar-refractivity contribution in [3.8, 4) is 11.3 Å². The molecule has 3 nitrogen and oxygen atoms in total. The summed E-state index contributed by atoms with van der Waals surface area (Å²) in [5.41, 5.74) is 7.48. The first-order chi connectivity index (χ1) is 9.81. The summed E-state index contributed by atoms with van der Waals surface area (Å²) in [6.07, 6.45) is 1.67. The van der Waals surface area contributed by atoms with Gasteiger partial charge in [-0.05, 0) is 30.3 Å². The fraction of sp³-hybridized carbons (Fsp3) is 0. The molecule has 4 heteroatoms. The Hall–Kier alpha value is -2.33. The quantitative estimate of drug-likeness (QED) is 0.790. The molecule has 0 saturated carbocycles. The van der Waals surface area contributed by atoms with Gasteiger partial charge in [0.1, 0.15) is 0 Å². The van der Waals surface area contributed by atoms with Gasteiger partial charge >= 0.3 is 0 Å². The summed E-state index contributed by atoms with van der Waals surface area (Å²) in [7, 11) is 0. The minimum Gasteiger partial charge on any atom is -0.368 e. The van der Waals surface area contributed by atoms with Crippen molar-refractivity contribution < 1.29 is 0 Å². The molecule has 3 aromatic rings. The SMILES string of the molecule is Nc1nccc(-c2ccc(Sc3ccccc3)cc2)n1. The van der Waals surface area contributed by atoms with E-state index < -0.39 is 0 Å². The molecule has 20 heavy (non-hydrogen) atoms. The van der Waals surface area contributed by atoms with E-state index in [4.69, 9.17) is 5.73 Å². The normalized spacial score (nSPS) is 10.4. The van der Waals surface area contributed by atoms with E-state index in [0.717, 1.165) is 11.3 Å². The number of nitrogens with two attached hydrogens (primary N) is 1. The highest BCUT2D eigenvalue weighted by molar-refractivity contribution is 7.99. The van der Waals surface area contributed by atoms with Crippen molar-refractivity contribution in [2.75, 3.05) is 5.73 Å². The summed E-state index contributed by atoms with van der Waals surface area (Å²) in [4.78, 5) is 10.5. The fourth-order valence-electron chi connectivity index (χ4n) is 1.85. The molecule has 0 amide bonds. The van der Waals surface area contributed by atoms with E-state index in [0.29, 0.717) is 5.95 Å². The lowest BCUT2D eigenvalue weighted by Gasteiger charge is -2.04. The molecule has 0 aliphatic rings. The predicted molar refractivity (Wildman–Crippen MR) is 82.4 cm³/mol. The molecule has 0 spiro atoms. The van der Waals surface area contributed by atoms with Crippen LogP contribution in [-0.2, 0) is 0 Å². The third kappa shape index (κ3) is 2.97. The third-order valence-corrected chi connectivity index (χ3v) is 3.82. The molecule has 98 valence electrons. The van der Waals surface area contributed by atoms with E-state index in [1.807, 2.05) is 36.4 Å². The fourth-order valence-corrected chi connectivity index (χ4v) is 2.69. The van der Waals surface area contributed by atoms with Crippen LogP contribution in [0.15, 0.2) is 76.7 Å². The average Bonchev–Trinajstić information content (AvgIpc) is 2.49. The van der Waals surface area contributed by atoms with Crippen LogP contribution in [0.4, 0.5) is 5.95 Å². The van der Waals surface area contributed by atoms with Crippen molar-refractivity contribution in [1.29, 1.82) is 0 Å². The Labute approximate surface area is 121 Å². The molecular formula is C16H13N3S. The highest BCUT2D eigenvalue weighted by Gasteiger charge is 2.01. The van der Waals surface area contributed by atoms with Crippen LogP contribution in [0, 0.1) is 0 Å². The molecule has 0 radical (unpaired) electrons. The van der Waals surface area contributed by atoms with Crippen molar-refractivity contribution in [2.24, 2.45) is 0 Å². The molecule has 0 bridgehead atoms.